The minimum Gasteiger partial charge on any atom is -0.310 e. The van der Waals surface area contributed by atoms with Crippen LogP contribution in [0.15, 0.2) is 0 Å². The van der Waals surface area contributed by atoms with E-state index in [-0.39, 0.29) is 0 Å². The van der Waals surface area contributed by atoms with E-state index in [1.165, 1.54) is 58.3 Å². The topological polar surface area (TPSA) is 15.3 Å². The third-order valence-electron chi connectivity index (χ3n) is 4.61. The number of hydrogen-bond donors (Lipinski definition) is 1. The van der Waals surface area contributed by atoms with Crippen molar-refractivity contribution in [3.05, 3.63) is 0 Å². The summed E-state index contributed by atoms with van der Waals surface area (Å²) in [7, 11) is 0. The Labute approximate surface area is 114 Å². The van der Waals surface area contributed by atoms with Crippen LogP contribution in [0.25, 0.3) is 0 Å². The number of hydrogen-bond acceptors (Lipinski definition) is 2. The predicted octanol–water partition coefficient (Wildman–Crippen LogP) is 3.28. The highest BCUT2D eigenvalue weighted by Crippen LogP contribution is 2.40. The van der Waals surface area contributed by atoms with Crippen molar-refractivity contribution in [3.8, 4) is 0 Å². The zero-order valence-electron chi connectivity index (χ0n) is 12.9. The molecular weight excluding hydrogens is 220 g/mol. The van der Waals surface area contributed by atoms with Crippen molar-refractivity contribution in [1.29, 1.82) is 0 Å². The molecule has 1 saturated heterocycles. The van der Waals surface area contributed by atoms with Gasteiger partial charge >= 0.3 is 0 Å². The van der Waals surface area contributed by atoms with Gasteiger partial charge in [-0.3, -0.25) is 0 Å². The van der Waals surface area contributed by atoms with Crippen LogP contribution in [-0.2, 0) is 0 Å². The van der Waals surface area contributed by atoms with Crippen LogP contribution >= 0.6 is 0 Å². The lowest BCUT2D eigenvalue weighted by molar-refractivity contribution is 0.191. The Balaban J connectivity index is 1.80. The molecule has 0 aromatic heterocycles. The second-order valence-corrected chi connectivity index (χ2v) is 7.91. The van der Waals surface area contributed by atoms with Crippen molar-refractivity contribution in [1.82, 2.24) is 10.2 Å². The van der Waals surface area contributed by atoms with Gasteiger partial charge in [-0.15, -0.1) is 0 Å². The standard InChI is InChI=1S/C16H32N2/c1-15(2,3)9-5-11-18-12-6-10-17-16(4,13-18)14-7-8-14/h14,17H,5-13H2,1-4H3. The number of nitrogens with zero attached hydrogens (tertiary/aromatic N) is 1. The fourth-order valence-electron chi connectivity index (χ4n) is 3.29. The van der Waals surface area contributed by atoms with Gasteiger partial charge in [0, 0.05) is 12.1 Å². The minimum absolute atomic E-state index is 0.401. The Kier molecular flexibility index (Phi) is 4.38. The molecule has 2 rings (SSSR count). The van der Waals surface area contributed by atoms with Crippen LogP contribution in [0.5, 0.6) is 0 Å². The van der Waals surface area contributed by atoms with E-state index in [1.807, 2.05) is 0 Å². The quantitative estimate of drug-likeness (QED) is 0.826. The van der Waals surface area contributed by atoms with Crippen molar-refractivity contribution in [2.75, 3.05) is 26.2 Å². The van der Waals surface area contributed by atoms with Gasteiger partial charge in [-0.1, -0.05) is 20.8 Å². The first-order valence-corrected chi connectivity index (χ1v) is 7.86. The van der Waals surface area contributed by atoms with Crippen LogP contribution in [0.4, 0.5) is 0 Å². The van der Waals surface area contributed by atoms with E-state index in [0.29, 0.717) is 11.0 Å². The summed E-state index contributed by atoms with van der Waals surface area (Å²) in [5, 5.41) is 3.81. The van der Waals surface area contributed by atoms with Crippen molar-refractivity contribution < 1.29 is 0 Å². The molecule has 2 heteroatoms. The molecule has 0 aromatic carbocycles. The third kappa shape index (κ3) is 4.24. The van der Waals surface area contributed by atoms with E-state index in [2.05, 4.69) is 37.9 Å². The average molecular weight is 252 g/mol. The summed E-state index contributed by atoms with van der Waals surface area (Å²) >= 11 is 0. The molecule has 2 nitrogen and oxygen atoms in total. The first-order chi connectivity index (χ1) is 8.39. The summed E-state index contributed by atoms with van der Waals surface area (Å²) in [5.74, 6) is 0.945. The molecule has 0 bridgehead atoms. The maximum atomic E-state index is 3.81. The van der Waals surface area contributed by atoms with Crippen molar-refractivity contribution >= 4 is 0 Å². The third-order valence-corrected chi connectivity index (χ3v) is 4.61. The van der Waals surface area contributed by atoms with Gasteiger partial charge in [-0.05, 0) is 70.0 Å². The summed E-state index contributed by atoms with van der Waals surface area (Å²) in [5.41, 5.74) is 0.891. The van der Waals surface area contributed by atoms with Gasteiger partial charge < -0.3 is 10.2 Å². The lowest BCUT2D eigenvalue weighted by atomic mass is 9.90. The van der Waals surface area contributed by atoms with Crippen LogP contribution in [0.1, 0.15) is 59.8 Å². The lowest BCUT2D eigenvalue weighted by Gasteiger charge is -2.34. The summed E-state index contributed by atoms with van der Waals surface area (Å²) in [6.07, 6.45) is 6.90. The van der Waals surface area contributed by atoms with Gasteiger partial charge in [0.05, 0.1) is 0 Å². The van der Waals surface area contributed by atoms with Gasteiger partial charge in [0.2, 0.25) is 0 Å². The fraction of sp³-hybridized carbons (Fsp3) is 1.00. The maximum absolute atomic E-state index is 3.81. The molecule has 1 saturated carbocycles. The molecule has 1 unspecified atom stereocenters. The monoisotopic (exact) mass is 252 g/mol. The zero-order chi connectivity index (χ0) is 13.2. The van der Waals surface area contributed by atoms with Crippen LogP contribution in [0.3, 0.4) is 0 Å². The molecule has 0 spiro atoms. The van der Waals surface area contributed by atoms with Crippen LogP contribution in [-0.4, -0.2) is 36.6 Å². The first kappa shape index (κ1) is 14.3. The summed E-state index contributed by atoms with van der Waals surface area (Å²) in [6, 6.07) is 0. The smallest absolute Gasteiger partial charge is 0.0308 e. The average Bonchev–Trinajstić information content (AvgIpc) is 3.03. The van der Waals surface area contributed by atoms with Crippen LogP contribution in [0, 0.1) is 11.3 Å². The molecule has 0 radical (unpaired) electrons. The molecule has 0 amide bonds. The Morgan fingerprint density at radius 1 is 1.28 bits per heavy atom. The van der Waals surface area contributed by atoms with Crippen molar-refractivity contribution in [2.24, 2.45) is 11.3 Å². The highest BCUT2D eigenvalue weighted by atomic mass is 15.2. The second-order valence-electron chi connectivity index (χ2n) is 7.91. The lowest BCUT2D eigenvalue weighted by Crippen LogP contribution is -2.51. The summed E-state index contributed by atoms with van der Waals surface area (Å²) < 4.78 is 0. The van der Waals surface area contributed by atoms with Gasteiger partial charge in [0.15, 0.2) is 0 Å². The molecule has 1 aliphatic heterocycles. The molecule has 2 aliphatic rings. The molecule has 2 fully saturated rings. The molecule has 18 heavy (non-hydrogen) atoms. The van der Waals surface area contributed by atoms with E-state index in [4.69, 9.17) is 0 Å². The summed E-state index contributed by atoms with van der Waals surface area (Å²) in [4.78, 5) is 2.71. The second kappa shape index (κ2) is 5.50. The Hall–Kier alpha value is -0.0800. The summed E-state index contributed by atoms with van der Waals surface area (Å²) in [6.45, 7) is 14.6. The highest BCUT2D eigenvalue weighted by molar-refractivity contribution is 5.00. The normalized spacial score (nSPS) is 31.3. The first-order valence-electron chi connectivity index (χ1n) is 7.86. The van der Waals surface area contributed by atoms with E-state index in [1.54, 1.807) is 0 Å². The number of nitrogens with one attached hydrogen (secondary N) is 1. The minimum atomic E-state index is 0.401. The van der Waals surface area contributed by atoms with E-state index >= 15 is 0 Å². The molecule has 0 aromatic rings. The molecular formula is C16H32N2. The predicted molar refractivity (Wildman–Crippen MR) is 78.9 cm³/mol. The van der Waals surface area contributed by atoms with Crippen molar-refractivity contribution in [2.45, 2.75) is 65.3 Å². The largest absolute Gasteiger partial charge is 0.310 e. The molecule has 1 N–H and O–H groups in total. The Morgan fingerprint density at radius 3 is 2.61 bits per heavy atom. The number of rotatable bonds is 4. The van der Waals surface area contributed by atoms with E-state index in [0.717, 1.165) is 5.92 Å². The Bertz CT molecular complexity index is 265. The Morgan fingerprint density at radius 2 is 2.00 bits per heavy atom. The zero-order valence-corrected chi connectivity index (χ0v) is 12.9. The van der Waals surface area contributed by atoms with Gasteiger partial charge in [-0.2, -0.15) is 0 Å². The molecule has 1 aliphatic carbocycles. The van der Waals surface area contributed by atoms with E-state index in [9.17, 15) is 0 Å². The van der Waals surface area contributed by atoms with Crippen LogP contribution < -0.4 is 5.32 Å². The SMILES string of the molecule is CC(C)(C)CCCN1CCCNC(C)(C2CC2)C1. The van der Waals surface area contributed by atoms with Gasteiger partial charge in [-0.25, -0.2) is 0 Å². The molecule has 106 valence electrons. The van der Waals surface area contributed by atoms with E-state index < -0.39 is 0 Å². The van der Waals surface area contributed by atoms with Crippen LogP contribution in [0.2, 0.25) is 0 Å². The van der Waals surface area contributed by atoms with Gasteiger partial charge in [0.1, 0.15) is 0 Å². The maximum Gasteiger partial charge on any atom is 0.0308 e. The highest BCUT2D eigenvalue weighted by Gasteiger charge is 2.42. The fourth-order valence-corrected chi connectivity index (χ4v) is 3.29. The molecule has 1 heterocycles. The molecule has 1 atom stereocenters. The van der Waals surface area contributed by atoms with Crippen molar-refractivity contribution in [3.63, 3.8) is 0 Å². The van der Waals surface area contributed by atoms with Gasteiger partial charge in [0.25, 0.3) is 0 Å².